The second-order valence-corrected chi connectivity index (χ2v) is 14.7. The number of nitrogens with two attached hydrogens (primary N) is 1. The summed E-state index contributed by atoms with van der Waals surface area (Å²) in [4.78, 5) is 10.3. The Balaban J connectivity index is 0.000000550. The number of hydrogen-bond donors (Lipinski definition) is 1. The van der Waals surface area contributed by atoms with Gasteiger partial charge in [-0.05, 0) is 116 Å². The number of halogens is 4. The third-order valence-corrected chi connectivity index (χ3v) is 8.08. The van der Waals surface area contributed by atoms with Crippen LogP contribution in [0, 0.1) is 25.5 Å². The first kappa shape index (κ1) is 33.9. The smallest absolute Gasteiger partial charge is 0.150 e. The van der Waals surface area contributed by atoms with Crippen LogP contribution in [0.1, 0.15) is 68.6 Å². The van der Waals surface area contributed by atoms with Crippen LogP contribution in [0.4, 0.5) is 8.78 Å². The molecule has 0 bridgehead atoms. The second-order valence-electron chi connectivity index (χ2n) is 9.27. The van der Waals surface area contributed by atoms with Crippen molar-refractivity contribution in [3.8, 4) is 0 Å². The van der Waals surface area contributed by atoms with Crippen molar-refractivity contribution in [2.75, 3.05) is 0 Å². The van der Waals surface area contributed by atoms with Crippen LogP contribution in [-0.4, -0.2) is 30.4 Å². The highest BCUT2D eigenvalue weighted by Gasteiger charge is 2.18. The van der Waals surface area contributed by atoms with Crippen molar-refractivity contribution in [2.24, 2.45) is 9.54 Å². The van der Waals surface area contributed by atoms with Gasteiger partial charge in [-0.1, -0.05) is 12.1 Å². The van der Waals surface area contributed by atoms with Crippen LogP contribution in [0.15, 0.2) is 37.6 Å². The molecule has 2 N–H and O–H groups in total. The number of hydrogen-bond acceptors (Lipinski definition) is 3. The van der Waals surface area contributed by atoms with Crippen LogP contribution in [0.3, 0.4) is 0 Å². The molecule has 0 aliphatic carbocycles. The van der Waals surface area contributed by atoms with Gasteiger partial charge in [-0.2, -0.15) is 4.40 Å². The lowest BCUT2D eigenvalue weighted by Crippen LogP contribution is -2.27. The molecule has 0 saturated carbocycles. The lowest BCUT2D eigenvalue weighted by molar-refractivity contribution is 0.112. The fraction of sp³-hybridized carbons (Fsp3) is 0.417. The first-order valence-corrected chi connectivity index (χ1v) is 14.2. The Hall–Kier alpha value is -1.14. The Morgan fingerprint density at radius 3 is 1.54 bits per heavy atom. The van der Waals surface area contributed by atoms with Crippen LogP contribution < -0.4 is 5.14 Å². The number of carbonyl (C=O) groups is 1. The maximum absolute atomic E-state index is 13.6. The van der Waals surface area contributed by atoms with E-state index in [9.17, 15) is 22.0 Å². The standard InChI is InChI=1S/C12H15BrFNOS.C8H6BrFO.C4H11NOS/c1-8-9(5-6-10(13)11(8)14)7-15-17(16)12(2,3)4;1-5-6(4-11)2-3-7(9)8(5)10;1-4(2,3)7(5)6/h5-7H,1-4H3;2-4H,1H3;5H2,1-3H3/t17-;;7-/m0.0/s1. The summed E-state index contributed by atoms with van der Waals surface area (Å²) in [5.41, 5.74) is 1.91. The molecule has 5 nitrogen and oxygen atoms in total. The molecule has 2 aromatic carbocycles. The quantitative estimate of drug-likeness (QED) is 0.288. The van der Waals surface area contributed by atoms with Gasteiger partial charge in [0.1, 0.15) is 28.9 Å². The van der Waals surface area contributed by atoms with E-state index in [-0.39, 0.29) is 16.4 Å². The zero-order valence-electron chi connectivity index (χ0n) is 21.0. The molecule has 2 rings (SSSR count). The van der Waals surface area contributed by atoms with Gasteiger partial charge in [0.25, 0.3) is 0 Å². The molecule has 0 spiro atoms. The molecule has 11 heteroatoms. The summed E-state index contributed by atoms with van der Waals surface area (Å²) in [6, 6.07) is 6.46. The molecule has 0 aromatic heterocycles. The SMILES string of the molecule is CC(C)(C)[S@@](N)=O.Cc1c(C=N[S@@](=O)C(C)(C)C)ccc(Br)c1F.Cc1c(C=O)ccc(Br)c1F. The highest BCUT2D eigenvalue weighted by Crippen LogP contribution is 2.22. The fourth-order valence-corrected chi connectivity index (χ4v) is 3.25. The summed E-state index contributed by atoms with van der Waals surface area (Å²) in [6.45, 7) is 14.3. The average Bonchev–Trinajstić information content (AvgIpc) is 2.75. The van der Waals surface area contributed by atoms with Crippen molar-refractivity contribution in [1.29, 1.82) is 0 Å². The van der Waals surface area contributed by atoms with Gasteiger partial charge in [0.2, 0.25) is 0 Å². The van der Waals surface area contributed by atoms with Crippen molar-refractivity contribution in [3.63, 3.8) is 0 Å². The van der Waals surface area contributed by atoms with E-state index in [4.69, 9.17) is 5.14 Å². The molecule has 0 aliphatic rings. The molecule has 0 fully saturated rings. The molecular formula is C24H32Br2F2N2O3S2. The van der Waals surface area contributed by atoms with Crippen LogP contribution in [0.5, 0.6) is 0 Å². The van der Waals surface area contributed by atoms with Crippen LogP contribution in [-0.2, 0) is 22.0 Å². The Morgan fingerprint density at radius 1 is 0.829 bits per heavy atom. The molecule has 35 heavy (non-hydrogen) atoms. The van der Waals surface area contributed by atoms with Gasteiger partial charge >= 0.3 is 0 Å². The molecule has 196 valence electrons. The highest BCUT2D eigenvalue weighted by molar-refractivity contribution is 9.10. The van der Waals surface area contributed by atoms with Crippen molar-refractivity contribution in [1.82, 2.24) is 0 Å². The second kappa shape index (κ2) is 14.6. The van der Waals surface area contributed by atoms with Gasteiger partial charge in [-0.3, -0.25) is 9.93 Å². The Labute approximate surface area is 228 Å². The summed E-state index contributed by atoms with van der Waals surface area (Å²) in [7, 11) is -2.51. The maximum Gasteiger partial charge on any atom is 0.150 e. The predicted molar refractivity (Wildman–Crippen MR) is 151 cm³/mol. The number of nitrogens with zero attached hydrogens (tertiary/aromatic N) is 1. The van der Waals surface area contributed by atoms with Gasteiger partial charge in [-0.15, -0.1) is 0 Å². The number of benzene rings is 2. The minimum Gasteiger partial charge on any atom is -0.298 e. The van der Waals surface area contributed by atoms with E-state index in [1.807, 2.05) is 41.5 Å². The maximum atomic E-state index is 13.6. The largest absolute Gasteiger partial charge is 0.298 e. The summed E-state index contributed by atoms with van der Waals surface area (Å²) < 4.78 is 52.7. The topological polar surface area (TPSA) is 89.6 Å². The average molecular weight is 658 g/mol. The third-order valence-electron chi connectivity index (χ3n) is 4.30. The van der Waals surface area contributed by atoms with E-state index in [2.05, 4.69) is 36.3 Å². The van der Waals surface area contributed by atoms with E-state index in [0.717, 1.165) is 0 Å². The van der Waals surface area contributed by atoms with Gasteiger partial charge in [0, 0.05) is 11.8 Å². The zero-order chi connectivity index (χ0) is 27.7. The van der Waals surface area contributed by atoms with Crippen LogP contribution in [0.25, 0.3) is 0 Å². The number of carbonyl (C=O) groups excluding carboxylic acids is 1. The minimum atomic E-state index is -1.32. The lowest BCUT2D eigenvalue weighted by Gasteiger charge is -2.13. The molecule has 0 amide bonds. The van der Waals surface area contributed by atoms with Crippen molar-refractivity contribution >= 4 is 66.3 Å². The molecule has 0 aliphatic heterocycles. The van der Waals surface area contributed by atoms with E-state index < -0.39 is 26.7 Å². The monoisotopic (exact) mass is 656 g/mol. The Morgan fingerprint density at radius 2 is 1.20 bits per heavy atom. The normalized spacial score (nSPS) is 13.3. The van der Waals surface area contributed by atoms with Crippen LogP contribution >= 0.6 is 31.9 Å². The Kier molecular flexibility index (Phi) is 14.1. The molecular weight excluding hydrogens is 626 g/mol. The van der Waals surface area contributed by atoms with Gasteiger partial charge in [0.05, 0.1) is 29.4 Å². The summed E-state index contributed by atoms with van der Waals surface area (Å²) >= 11 is 6.13. The summed E-state index contributed by atoms with van der Waals surface area (Å²) in [5, 5.41) is 5.04. The fourth-order valence-electron chi connectivity index (χ4n) is 1.86. The van der Waals surface area contributed by atoms with E-state index >= 15 is 0 Å². The van der Waals surface area contributed by atoms with Gasteiger partial charge < -0.3 is 0 Å². The molecule has 2 aromatic rings. The highest BCUT2D eigenvalue weighted by atomic mass is 79.9. The molecule has 0 unspecified atom stereocenters. The predicted octanol–water partition coefficient (Wildman–Crippen LogP) is 6.89. The Bertz CT molecular complexity index is 1110. The van der Waals surface area contributed by atoms with E-state index in [1.165, 1.54) is 12.3 Å². The first-order chi connectivity index (χ1) is 15.8. The number of aldehydes is 1. The zero-order valence-corrected chi connectivity index (χ0v) is 25.8. The van der Waals surface area contributed by atoms with E-state index in [1.54, 1.807) is 32.0 Å². The van der Waals surface area contributed by atoms with Crippen molar-refractivity contribution < 1.29 is 22.0 Å². The molecule has 0 heterocycles. The first-order valence-electron chi connectivity index (χ1n) is 10.3. The minimum absolute atomic E-state index is 0.250. The number of rotatable bonds is 3. The lowest BCUT2D eigenvalue weighted by atomic mass is 10.1. The van der Waals surface area contributed by atoms with Crippen LogP contribution in [0.2, 0.25) is 0 Å². The molecule has 2 atom stereocenters. The van der Waals surface area contributed by atoms with E-state index in [0.29, 0.717) is 37.5 Å². The summed E-state index contributed by atoms with van der Waals surface area (Å²) in [5.74, 6) is -0.676. The van der Waals surface area contributed by atoms with Gasteiger partial charge in [0.15, 0.2) is 0 Å². The molecule has 0 radical (unpaired) electrons. The molecule has 0 saturated heterocycles. The third kappa shape index (κ3) is 11.6. The van der Waals surface area contributed by atoms with Crippen molar-refractivity contribution in [3.05, 3.63) is 67.1 Å². The van der Waals surface area contributed by atoms with Crippen molar-refractivity contribution in [2.45, 2.75) is 64.9 Å². The van der Waals surface area contributed by atoms with Gasteiger partial charge in [-0.25, -0.2) is 17.2 Å². The summed E-state index contributed by atoms with van der Waals surface area (Å²) in [6.07, 6.45) is 2.11.